The average molecular weight is 451 g/mol. The van der Waals surface area contributed by atoms with Crippen LogP contribution in [0.15, 0.2) is 41.5 Å². The molecule has 1 amide bonds. The highest BCUT2D eigenvalue weighted by Crippen LogP contribution is 2.29. The zero-order chi connectivity index (χ0) is 21.6. The fraction of sp³-hybridized carbons (Fsp3) is 0.188. The summed E-state index contributed by atoms with van der Waals surface area (Å²) in [6.07, 6.45) is -4.44. The van der Waals surface area contributed by atoms with Crippen molar-refractivity contribution in [3.8, 4) is 0 Å². The van der Waals surface area contributed by atoms with E-state index in [2.05, 4.69) is 4.98 Å². The van der Waals surface area contributed by atoms with Crippen molar-refractivity contribution in [1.29, 1.82) is 0 Å². The molecule has 2 aromatic heterocycles. The SMILES string of the molecule is O=C(Nc1ccc2ncn(Cc3ccc(Cl)c(Cl)c3)c(=O)n12)C(O)(O)C(F)(F)F. The number of nitrogens with one attached hydrogen (secondary N) is 1. The van der Waals surface area contributed by atoms with E-state index < -0.39 is 29.4 Å². The summed E-state index contributed by atoms with van der Waals surface area (Å²) in [6, 6.07) is 7.01. The van der Waals surface area contributed by atoms with Gasteiger partial charge in [-0.05, 0) is 29.8 Å². The van der Waals surface area contributed by atoms with Gasteiger partial charge in [0.15, 0.2) is 0 Å². The van der Waals surface area contributed by atoms with Crippen LogP contribution in [0.1, 0.15) is 5.56 Å². The fourth-order valence-corrected chi connectivity index (χ4v) is 2.73. The Morgan fingerprint density at radius 3 is 2.45 bits per heavy atom. The summed E-state index contributed by atoms with van der Waals surface area (Å²) >= 11 is 11.8. The van der Waals surface area contributed by atoms with Gasteiger partial charge in [0.05, 0.1) is 16.6 Å². The summed E-state index contributed by atoms with van der Waals surface area (Å²) < 4.78 is 39.7. The average Bonchev–Trinajstić information content (AvgIpc) is 3.03. The van der Waals surface area contributed by atoms with E-state index in [1.807, 2.05) is 0 Å². The third kappa shape index (κ3) is 3.94. The van der Waals surface area contributed by atoms with Crippen LogP contribution in [0.3, 0.4) is 0 Å². The quantitative estimate of drug-likeness (QED) is 0.527. The first-order chi connectivity index (χ1) is 13.4. The summed E-state index contributed by atoms with van der Waals surface area (Å²) in [5.41, 5.74) is -0.152. The van der Waals surface area contributed by atoms with Gasteiger partial charge in [-0.2, -0.15) is 13.2 Å². The molecule has 0 saturated heterocycles. The number of carbonyl (C=O) groups is 1. The largest absolute Gasteiger partial charge is 0.453 e. The minimum Gasteiger partial charge on any atom is -0.351 e. The Morgan fingerprint density at radius 1 is 1.14 bits per heavy atom. The van der Waals surface area contributed by atoms with Gasteiger partial charge in [0, 0.05) is 0 Å². The number of amides is 1. The number of benzene rings is 1. The molecule has 0 spiro atoms. The maximum atomic E-state index is 12.7. The van der Waals surface area contributed by atoms with Gasteiger partial charge in [-0.3, -0.25) is 9.36 Å². The van der Waals surface area contributed by atoms with Crippen LogP contribution in [0.2, 0.25) is 10.0 Å². The van der Waals surface area contributed by atoms with Crippen LogP contribution >= 0.6 is 23.2 Å². The van der Waals surface area contributed by atoms with Gasteiger partial charge in [-0.1, -0.05) is 29.3 Å². The highest BCUT2D eigenvalue weighted by Gasteiger charge is 2.59. The lowest BCUT2D eigenvalue weighted by Gasteiger charge is -2.22. The number of aliphatic hydroxyl groups is 2. The highest BCUT2D eigenvalue weighted by atomic mass is 35.5. The number of aromatic nitrogens is 3. The molecule has 0 unspecified atom stereocenters. The molecule has 1 aromatic carbocycles. The third-order valence-electron chi connectivity index (χ3n) is 3.92. The Kier molecular flexibility index (Phi) is 5.34. The number of rotatable bonds is 4. The van der Waals surface area contributed by atoms with E-state index in [4.69, 9.17) is 33.4 Å². The fourth-order valence-electron chi connectivity index (χ4n) is 2.41. The summed E-state index contributed by atoms with van der Waals surface area (Å²) in [5, 5.41) is 20.3. The molecule has 0 fully saturated rings. The van der Waals surface area contributed by atoms with Crippen LogP contribution in [-0.2, 0) is 11.3 Å². The molecule has 0 bridgehead atoms. The summed E-state index contributed by atoms with van der Waals surface area (Å²) in [4.78, 5) is 28.4. The van der Waals surface area contributed by atoms with Crippen molar-refractivity contribution >= 4 is 40.6 Å². The number of hydrogen-bond acceptors (Lipinski definition) is 5. The van der Waals surface area contributed by atoms with Crippen molar-refractivity contribution < 1.29 is 28.2 Å². The molecular weight excluding hydrogens is 440 g/mol. The van der Waals surface area contributed by atoms with Gasteiger partial charge in [-0.25, -0.2) is 14.2 Å². The molecule has 3 N–H and O–H groups in total. The molecule has 0 atom stereocenters. The number of fused-ring (bicyclic) bond motifs is 1. The van der Waals surface area contributed by atoms with Gasteiger partial charge in [0.25, 0.3) is 5.91 Å². The van der Waals surface area contributed by atoms with Crippen LogP contribution in [0.25, 0.3) is 5.65 Å². The monoisotopic (exact) mass is 450 g/mol. The van der Waals surface area contributed by atoms with Crippen LogP contribution in [0.5, 0.6) is 0 Å². The summed E-state index contributed by atoms with van der Waals surface area (Å²) in [7, 11) is 0. The molecule has 3 aromatic rings. The maximum Gasteiger partial charge on any atom is 0.453 e. The van der Waals surface area contributed by atoms with Crippen LogP contribution in [0.4, 0.5) is 19.0 Å². The molecule has 13 heteroatoms. The van der Waals surface area contributed by atoms with Crippen molar-refractivity contribution in [3.63, 3.8) is 0 Å². The Bertz CT molecular complexity index is 1160. The topological polar surface area (TPSA) is 109 Å². The van der Waals surface area contributed by atoms with Gasteiger partial charge >= 0.3 is 17.7 Å². The van der Waals surface area contributed by atoms with Gasteiger partial charge in [0.2, 0.25) is 0 Å². The predicted molar refractivity (Wildman–Crippen MR) is 96.9 cm³/mol. The standard InChI is InChI=1S/C16H11Cl2F3N4O4/c17-9-2-1-8(5-10(9)18)6-24-7-22-11-3-4-12(25(11)14(24)27)23-13(26)15(28,29)16(19,20)21/h1-5,7,28-29H,6H2,(H,23,26). The van der Waals surface area contributed by atoms with E-state index in [0.717, 1.165) is 15.0 Å². The van der Waals surface area contributed by atoms with Crippen molar-refractivity contribution in [3.05, 3.63) is 62.8 Å². The zero-order valence-electron chi connectivity index (χ0n) is 14.1. The summed E-state index contributed by atoms with van der Waals surface area (Å²) in [5.74, 6) is -7.25. The smallest absolute Gasteiger partial charge is 0.351 e. The van der Waals surface area contributed by atoms with E-state index in [0.29, 0.717) is 10.6 Å². The number of nitrogens with zero attached hydrogens (tertiary/aromatic N) is 3. The van der Waals surface area contributed by atoms with Gasteiger partial charge in [-0.15, -0.1) is 0 Å². The second-order valence-corrected chi connectivity index (χ2v) is 6.75. The van der Waals surface area contributed by atoms with Crippen molar-refractivity contribution in [2.75, 3.05) is 5.32 Å². The molecular formula is C16H11Cl2F3N4O4. The van der Waals surface area contributed by atoms with E-state index in [1.54, 1.807) is 11.4 Å². The molecule has 0 aliphatic carbocycles. The number of halogens is 5. The second-order valence-electron chi connectivity index (χ2n) is 5.94. The van der Waals surface area contributed by atoms with E-state index in [-0.39, 0.29) is 17.2 Å². The van der Waals surface area contributed by atoms with E-state index in [1.165, 1.54) is 24.5 Å². The Hall–Kier alpha value is -2.60. The number of anilines is 1. The van der Waals surface area contributed by atoms with Crippen molar-refractivity contribution in [1.82, 2.24) is 14.0 Å². The predicted octanol–water partition coefficient (Wildman–Crippen LogP) is 2.03. The second kappa shape index (κ2) is 7.34. The maximum absolute atomic E-state index is 12.7. The molecule has 0 radical (unpaired) electrons. The van der Waals surface area contributed by atoms with Crippen LogP contribution in [0, 0.1) is 0 Å². The van der Waals surface area contributed by atoms with Crippen molar-refractivity contribution in [2.24, 2.45) is 0 Å². The molecule has 29 heavy (non-hydrogen) atoms. The number of hydrogen-bond donors (Lipinski definition) is 3. The van der Waals surface area contributed by atoms with Crippen LogP contribution in [-0.4, -0.2) is 42.0 Å². The minimum absolute atomic E-state index is 0.00326. The Labute approximate surface area is 169 Å². The normalized spacial score (nSPS) is 12.4. The lowest BCUT2D eigenvalue weighted by Crippen LogP contribution is -2.54. The first-order valence-electron chi connectivity index (χ1n) is 7.75. The number of carbonyl (C=O) groups excluding carboxylic acids is 1. The molecule has 3 rings (SSSR count). The highest BCUT2D eigenvalue weighted by molar-refractivity contribution is 6.42. The molecule has 8 nitrogen and oxygen atoms in total. The first kappa shape index (κ1) is 21.1. The van der Waals surface area contributed by atoms with E-state index >= 15 is 0 Å². The zero-order valence-corrected chi connectivity index (χ0v) is 15.6. The Balaban J connectivity index is 1.97. The lowest BCUT2D eigenvalue weighted by atomic mass is 10.2. The van der Waals surface area contributed by atoms with Crippen molar-refractivity contribution in [2.45, 2.75) is 18.5 Å². The van der Waals surface area contributed by atoms with Crippen LogP contribution < -0.4 is 11.0 Å². The first-order valence-corrected chi connectivity index (χ1v) is 8.51. The molecule has 0 saturated carbocycles. The lowest BCUT2D eigenvalue weighted by molar-refractivity contribution is -0.326. The molecule has 0 aliphatic heterocycles. The van der Waals surface area contributed by atoms with E-state index in [9.17, 15) is 22.8 Å². The molecule has 154 valence electrons. The summed E-state index contributed by atoms with van der Waals surface area (Å²) in [6.45, 7) is -0.00326. The van der Waals surface area contributed by atoms with Gasteiger partial charge < -0.3 is 15.5 Å². The molecule has 2 heterocycles. The van der Waals surface area contributed by atoms with Gasteiger partial charge in [0.1, 0.15) is 17.8 Å². The Morgan fingerprint density at radius 2 is 1.83 bits per heavy atom. The third-order valence-corrected chi connectivity index (χ3v) is 4.66. The number of alkyl halides is 3. The molecule has 0 aliphatic rings. The minimum atomic E-state index is -5.64.